The lowest BCUT2D eigenvalue weighted by Crippen LogP contribution is -2.10. The van der Waals surface area contributed by atoms with E-state index in [-0.39, 0.29) is 18.8 Å². The Bertz CT molecular complexity index is 1000. The van der Waals surface area contributed by atoms with Crippen molar-refractivity contribution in [2.75, 3.05) is 5.73 Å². The van der Waals surface area contributed by atoms with Gasteiger partial charge in [-0.15, -0.1) is 11.3 Å². The van der Waals surface area contributed by atoms with Gasteiger partial charge >= 0.3 is 5.97 Å². The van der Waals surface area contributed by atoms with Crippen LogP contribution in [-0.4, -0.2) is 15.9 Å². The maximum Gasteiger partial charge on any atom is 0.310 e. The number of thiophene rings is 1. The zero-order valence-corrected chi connectivity index (χ0v) is 15.7. The summed E-state index contributed by atoms with van der Waals surface area (Å²) in [6, 6.07) is 5.91. The van der Waals surface area contributed by atoms with Gasteiger partial charge < -0.3 is 10.5 Å². The van der Waals surface area contributed by atoms with Crippen LogP contribution in [-0.2, 0) is 35.4 Å². The Hall–Kier alpha value is -2.54. The standard InChI is InChI=1S/C20H20FN3O2S/c21-13-6-4-5-12(9-13)10-17(25)26-11-16-23-19(22)18-14-7-2-1-3-8-15(14)27-20(18)24-16/h4-6,9H,1-3,7-8,10-11H2,(H2,22,23,24). The zero-order chi connectivity index (χ0) is 18.8. The lowest BCUT2D eigenvalue weighted by atomic mass is 10.1. The molecule has 0 atom stereocenters. The Balaban J connectivity index is 1.48. The summed E-state index contributed by atoms with van der Waals surface area (Å²) in [4.78, 5) is 23.1. The third kappa shape index (κ3) is 3.93. The molecular formula is C20H20FN3O2S. The van der Waals surface area contributed by atoms with Gasteiger partial charge in [0.05, 0.1) is 11.8 Å². The first kappa shape index (κ1) is 17.9. The summed E-state index contributed by atoms with van der Waals surface area (Å²) in [5, 5.41) is 0.965. The number of ether oxygens (including phenoxy) is 1. The normalized spacial score (nSPS) is 14.0. The molecule has 0 spiro atoms. The molecule has 5 nitrogen and oxygen atoms in total. The fraction of sp³-hybridized carbons (Fsp3) is 0.350. The van der Waals surface area contributed by atoms with Crippen molar-refractivity contribution >= 4 is 33.3 Å². The second-order valence-corrected chi connectivity index (χ2v) is 7.82. The van der Waals surface area contributed by atoms with E-state index >= 15 is 0 Å². The molecule has 0 amide bonds. The first-order valence-corrected chi connectivity index (χ1v) is 9.88. The average molecular weight is 385 g/mol. The first-order valence-electron chi connectivity index (χ1n) is 9.07. The number of nitrogens with zero attached hydrogens (tertiary/aromatic N) is 2. The number of anilines is 1. The molecule has 1 aliphatic rings. The number of aryl methyl sites for hydroxylation is 2. The lowest BCUT2D eigenvalue weighted by Gasteiger charge is -2.06. The van der Waals surface area contributed by atoms with Gasteiger partial charge in [0.15, 0.2) is 12.4 Å². The van der Waals surface area contributed by atoms with Crippen LogP contribution in [0.5, 0.6) is 0 Å². The first-order chi connectivity index (χ1) is 13.1. The van der Waals surface area contributed by atoms with Gasteiger partial charge in [0.1, 0.15) is 16.5 Å². The highest BCUT2D eigenvalue weighted by Gasteiger charge is 2.19. The van der Waals surface area contributed by atoms with Crippen molar-refractivity contribution in [1.82, 2.24) is 9.97 Å². The van der Waals surface area contributed by atoms with Crippen molar-refractivity contribution < 1.29 is 13.9 Å². The van der Waals surface area contributed by atoms with E-state index in [2.05, 4.69) is 9.97 Å². The number of carbonyl (C=O) groups excluding carboxylic acids is 1. The number of nitrogens with two attached hydrogens (primary N) is 1. The minimum Gasteiger partial charge on any atom is -0.457 e. The molecule has 0 unspecified atom stereocenters. The van der Waals surface area contributed by atoms with Crippen molar-refractivity contribution in [2.45, 2.75) is 45.1 Å². The Kier molecular flexibility index (Phi) is 5.03. The molecule has 2 aromatic heterocycles. The molecule has 0 saturated carbocycles. The summed E-state index contributed by atoms with van der Waals surface area (Å²) in [6.07, 6.45) is 5.68. The van der Waals surface area contributed by atoms with E-state index < -0.39 is 5.97 Å². The molecule has 0 radical (unpaired) electrons. The van der Waals surface area contributed by atoms with E-state index in [1.165, 1.54) is 35.4 Å². The largest absolute Gasteiger partial charge is 0.457 e. The van der Waals surface area contributed by atoms with Gasteiger partial charge in [-0.1, -0.05) is 18.6 Å². The molecule has 4 rings (SSSR count). The number of carbonyl (C=O) groups is 1. The lowest BCUT2D eigenvalue weighted by molar-refractivity contribution is -0.144. The summed E-state index contributed by atoms with van der Waals surface area (Å²) < 4.78 is 18.5. The van der Waals surface area contributed by atoms with Crippen LogP contribution in [0.2, 0.25) is 0 Å². The molecule has 2 heterocycles. The Morgan fingerprint density at radius 3 is 2.93 bits per heavy atom. The van der Waals surface area contributed by atoms with Crippen molar-refractivity contribution in [1.29, 1.82) is 0 Å². The third-order valence-corrected chi connectivity index (χ3v) is 5.92. The highest BCUT2D eigenvalue weighted by Crippen LogP contribution is 2.37. The molecular weight excluding hydrogens is 365 g/mol. The number of rotatable bonds is 4. The van der Waals surface area contributed by atoms with Gasteiger partial charge in [-0.25, -0.2) is 14.4 Å². The summed E-state index contributed by atoms with van der Waals surface area (Å²) >= 11 is 1.67. The topological polar surface area (TPSA) is 78.1 Å². The van der Waals surface area contributed by atoms with E-state index in [0.29, 0.717) is 17.2 Å². The van der Waals surface area contributed by atoms with Crippen LogP contribution in [0.15, 0.2) is 24.3 Å². The number of esters is 1. The van der Waals surface area contributed by atoms with Gasteiger partial charge in [-0.3, -0.25) is 4.79 Å². The number of aromatic nitrogens is 2. The molecule has 1 aromatic carbocycles. The van der Waals surface area contributed by atoms with Crippen LogP contribution in [0.1, 0.15) is 41.1 Å². The minimum atomic E-state index is -0.454. The fourth-order valence-electron chi connectivity index (χ4n) is 3.48. The highest BCUT2D eigenvalue weighted by molar-refractivity contribution is 7.19. The number of hydrogen-bond donors (Lipinski definition) is 1. The summed E-state index contributed by atoms with van der Waals surface area (Å²) in [5.41, 5.74) is 8.06. The molecule has 0 saturated heterocycles. The second-order valence-electron chi connectivity index (χ2n) is 6.74. The predicted molar refractivity (Wildman–Crippen MR) is 103 cm³/mol. The highest BCUT2D eigenvalue weighted by atomic mass is 32.1. The van der Waals surface area contributed by atoms with Crippen molar-refractivity contribution in [3.63, 3.8) is 0 Å². The Labute approximate surface area is 160 Å². The van der Waals surface area contributed by atoms with E-state index in [1.54, 1.807) is 23.5 Å². The molecule has 140 valence electrons. The Morgan fingerprint density at radius 1 is 1.22 bits per heavy atom. The summed E-state index contributed by atoms with van der Waals surface area (Å²) in [7, 11) is 0. The van der Waals surface area contributed by atoms with Crippen LogP contribution in [0.4, 0.5) is 10.2 Å². The molecule has 1 aliphatic carbocycles. The van der Waals surface area contributed by atoms with Gasteiger partial charge in [0.2, 0.25) is 0 Å². The zero-order valence-electron chi connectivity index (χ0n) is 14.8. The van der Waals surface area contributed by atoms with E-state index in [4.69, 9.17) is 10.5 Å². The average Bonchev–Trinajstić information content (AvgIpc) is 2.82. The van der Waals surface area contributed by atoms with Crippen LogP contribution in [0.25, 0.3) is 10.2 Å². The van der Waals surface area contributed by atoms with Crippen LogP contribution < -0.4 is 5.73 Å². The molecule has 0 bridgehead atoms. The fourth-order valence-corrected chi connectivity index (χ4v) is 4.77. The van der Waals surface area contributed by atoms with E-state index in [9.17, 15) is 9.18 Å². The molecule has 3 aromatic rings. The van der Waals surface area contributed by atoms with Crippen molar-refractivity contribution in [3.8, 4) is 0 Å². The van der Waals surface area contributed by atoms with Gasteiger partial charge in [0, 0.05) is 4.88 Å². The molecule has 2 N–H and O–H groups in total. The van der Waals surface area contributed by atoms with Crippen molar-refractivity contribution in [3.05, 3.63) is 51.9 Å². The maximum absolute atomic E-state index is 13.2. The predicted octanol–water partition coefficient (Wildman–Crippen LogP) is 3.97. The molecule has 0 fully saturated rings. The number of fused-ring (bicyclic) bond motifs is 3. The summed E-state index contributed by atoms with van der Waals surface area (Å²) in [5.74, 6) is 0.0173. The van der Waals surface area contributed by atoms with E-state index in [1.807, 2.05) is 0 Å². The quantitative estimate of drug-likeness (QED) is 0.543. The monoisotopic (exact) mass is 385 g/mol. The SMILES string of the molecule is Nc1nc(COC(=O)Cc2cccc(F)c2)nc2sc3c(c12)CCCCC3. The number of benzene rings is 1. The minimum absolute atomic E-state index is 0.00276. The van der Waals surface area contributed by atoms with Crippen molar-refractivity contribution in [2.24, 2.45) is 0 Å². The second kappa shape index (κ2) is 7.60. The van der Waals surface area contributed by atoms with Crippen LogP contribution in [0, 0.1) is 5.82 Å². The van der Waals surface area contributed by atoms with Crippen LogP contribution in [0.3, 0.4) is 0 Å². The molecule has 7 heteroatoms. The number of halogens is 1. The van der Waals surface area contributed by atoms with Crippen LogP contribution >= 0.6 is 11.3 Å². The molecule has 0 aliphatic heterocycles. The third-order valence-electron chi connectivity index (χ3n) is 4.74. The van der Waals surface area contributed by atoms with Gasteiger partial charge in [-0.05, 0) is 48.9 Å². The van der Waals surface area contributed by atoms with Gasteiger partial charge in [0.25, 0.3) is 0 Å². The maximum atomic E-state index is 13.2. The number of nitrogen functional groups attached to an aromatic ring is 1. The summed E-state index contributed by atoms with van der Waals surface area (Å²) in [6.45, 7) is -0.0448. The van der Waals surface area contributed by atoms with E-state index in [0.717, 1.165) is 29.5 Å². The number of hydrogen-bond acceptors (Lipinski definition) is 6. The smallest absolute Gasteiger partial charge is 0.310 e. The molecule has 27 heavy (non-hydrogen) atoms. The van der Waals surface area contributed by atoms with Gasteiger partial charge in [-0.2, -0.15) is 0 Å². The Morgan fingerprint density at radius 2 is 2.07 bits per heavy atom.